The van der Waals surface area contributed by atoms with E-state index in [1.807, 2.05) is 51.1 Å². The lowest BCUT2D eigenvalue weighted by atomic mass is 10.1. The minimum Gasteiger partial charge on any atom is -0.349 e. The third-order valence-electron chi connectivity index (χ3n) is 4.87. The Morgan fingerprint density at radius 1 is 1.27 bits per heavy atom. The second kappa shape index (κ2) is 8.53. The number of aromatic nitrogens is 1. The van der Waals surface area contributed by atoms with E-state index in [0.29, 0.717) is 0 Å². The van der Waals surface area contributed by atoms with E-state index in [1.54, 1.807) is 6.08 Å². The summed E-state index contributed by atoms with van der Waals surface area (Å²) in [5.41, 5.74) is 6.12. The summed E-state index contributed by atoms with van der Waals surface area (Å²) in [5.74, 6) is -0.375. The molecule has 136 valence electrons. The molecule has 2 rings (SSSR count). The Labute approximate surface area is 156 Å². The monoisotopic (exact) mass is 349 g/mol. The van der Waals surface area contributed by atoms with Gasteiger partial charge in [-0.15, -0.1) is 0 Å². The molecule has 0 aliphatic carbocycles. The fourth-order valence-corrected chi connectivity index (χ4v) is 3.01. The molecular weight excluding hydrogens is 322 g/mol. The lowest BCUT2D eigenvalue weighted by molar-refractivity contribution is -0.112. The van der Waals surface area contributed by atoms with Crippen LogP contribution in [-0.2, 0) is 11.3 Å². The van der Waals surface area contributed by atoms with E-state index in [0.717, 1.165) is 53.2 Å². The predicted octanol–water partition coefficient (Wildman–Crippen LogP) is 5.07. The average Bonchev–Trinajstić information content (AvgIpc) is 2.88. The van der Waals surface area contributed by atoms with Gasteiger partial charge in [0.25, 0.3) is 5.91 Å². The number of rotatable bonds is 6. The molecule has 1 N–H and O–H groups in total. The first-order chi connectivity index (χ1) is 12.4. The topological polar surface area (TPSA) is 57.8 Å². The van der Waals surface area contributed by atoms with Gasteiger partial charge in [0.2, 0.25) is 0 Å². The molecule has 1 aromatic carbocycles. The van der Waals surface area contributed by atoms with Gasteiger partial charge < -0.3 is 9.88 Å². The number of anilines is 1. The highest BCUT2D eigenvalue weighted by Gasteiger charge is 2.14. The molecule has 1 amide bonds. The third-order valence-corrected chi connectivity index (χ3v) is 4.87. The van der Waals surface area contributed by atoms with E-state index in [1.165, 1.54) is 0 Å². The van der Waals surface area contributed by atoms with Crippen LogP contribution in [-0.4, -0.2) is 10.5 Å². The molecule has 0 saturated heterocycles. The summed E-state index contributed by atoms with van der Waals surface area (Å²) >= 11 is 0. The van der Waals surface area contributed by atoms with Crippen LogP contribution >= 0.6 is 0 Å². The van der Waals surface area contributed by atoms with Gasteiger partial charge >= 0.3 is 0 Å². The van der Waals surface area contributed by atoms with Crippen LogP contribution in [0.5, 0.6) is 0 Å². The summed E-state index contributed by atoms with van der Waals surface area (Å²) in [5, 5.41) is 12.3. The summed E-state index contributed by atoms with van der Waals surface area (Å²) in [6.45, 7) is 11.2. The first-order valence-corrected chi connectivity index (χ1v) is 9.05. The van der Waals surface area contributed by atoms with Crippen LogP contribution in [0.4, 0.5) is 5.69 Å². The number of nitrogens with one attached hydrogen (secondary N) is 1. The van der Waals surface area contributed by atoms with Gasteiger partial charge in [0.05, 0.1) is 0 Å². The summed E-state index contributed by atoms with van der Waals surface area (Å²) in [7, 11) is 0. The van der Waals surface area contributed by atoms with Crippen molar-refractivity contribution in [2.45, 2.75) is 54.0 Å². The Hall–Kier alpha value is -2.80. The highest BCUT2D eigenvalue weighted by molar-refractivity contribution is 6.10. The van der Waals surface area contributed by atoms with Crippen LogP contribution in [0.1, 0.15) is 47.8 Å². The SMILES string of the molecule is CCCCn1c(C)cc(/C=C(\C#N)C(=O)Nc2cccc(C)c2C)c1C. The van der Waals surface area contributed by atoms with Gasteiger partial charge in [-0.2, -0.15) is 5.26 Å². The molecule has 1 aromatic heterocycles. The molecule has 2 aromatic rings. The number of hydrogen-bond acceptors (Lipinski definition) is 2. The van der Waals surface area contributed by atoms with Crippen LogP contribution in [0, 0.1) is 39.0 Å². The van der Waals surface area contributed by atoms with Crippen molar-refractivity contribution in [3.63, 3.8) is 0 Å². The molecule has 0 aliphatic rings. The third kappa shape index (κ3) is 4.23. The van der Waals surface area contributed by atoms with Crippen LogP contribution in [0.25, 0.3) is 6.08 Å². The van der Waals surface area contributed by atoms with E-state index in [-0.39, 0.29) is 11.5 Å². The minimum atomic E-state index is -0.375. The number of amides is 1. The molecule has 0 unspecified atom stereocenters. The van der Waals surface area contributed by atoms with Crippen LogP contribution in [0.2, 0.25) is 0 Å². The number of unbranched alkanes of at least 4 members (excludes halogenated alkanes) is 1. The van der Waals surface area contributed by atoms with Crippen LogP contribution in [0.3, 0.4) is 0 Å². The predicted molar refractivity (Wildman–Crippen MR) is 107 cm³/mol. The summed E-state index contributed by atoms with van der Waals surface area (Å²) in [6.07, 6.45) is 3.92. The lowest BCUT2D eigenvalue weighted by Crippen LogP contribution is -2.14. The van der Waals surface area contributed by atoms with Gasteiger partial charge in [-0.3, -0.25) is 4.79 Å². The second-order valence-electron chi connectivity index (χ2n) is 6.70. The van der Waals surface area contributed by atoms with Crippen LogP contribution in [0.15, 0.2) is 29.8 Å². The van der Waals surface area contributed by atoms with E-state index in [2.05, 4.69) is 23.7 Å². The number of aryl methyl sites for hydroxylation is 2. The van der Waals surface area contributed by atoms with Crippen LogP contribution < -0.4 is 5.32 Å². The van der Waals surface area contributed by atoms with Gasteiger partial charge in [0, 0.05) is 23.6 Å². The van der Waals surface area contributed by atoms with Gasteiger partial charge in [-0.25, -0.2) is 0 Å². The molecule has 0 spiro atoms. The highest BCUT2D eigenvalue weighted by atomic mass is 16.1. The van der Waals surface area contributed by atoms with Crippen molar-refractivity contribution in [1.82, 2.24) is 4.57 Å². The number of carbonyl (C=O) groups is 1. The van der Waals surface area contributed by atoms with Crippen molar-refractivity contribution in [2.24, 2.45) is 0 Å². The fourth-order valence-electron chi connectivity index (χ4n) is 3.01. The molecule has 0 saturated carbocycles. The Balaban J connectivity index is 2.29. The second-order valence-corrected chi connectivity index (χ2v) is 6.70. The number of nitrogens with zero attached hydrogens (tertiary/aromatic N) is 2. The molecule has 4 nitrogen and oxygen atoms in total. The van der Waals surface area contributed by atoms with E-state index in [4.69, 9.17) is 0 Å². The van der Waals surface area contributed by atoms with Gasteiger partial charge in [0.15, 0.2) is 0 Å². The number of benzene rings is 1. The zero-order chi connectivity index (χ0) is 19.3. The van der Waals surface area contributed by atoms with Crippen molar-refractivity contribution in [2.75, 3.05) is 5.32 Å². The van der Waals surface area contributed by atoms with Gasteiger partial charge in [-0.05, 0) is 69.0 Å². The van der Waals surface area contributed by atoms with Crippen molar-refractivity contribution in [3.8, 4) is 6.07 Å². The van der Waals surface area contributed by atoms with Crippen molar-refractivity contribution >= 4 is 17.7 Å². The summed E-state index contributed by atoms with van der Waals surface area (Å²) in [4.78, 5) is 12.6. The van der Waals surface area contributed by atoms with Gasteiger partial charge in [0.1, 0.15) is 11.6 Å². The average molecular weight is 349 g/mol. The van der Waals surface area contributed by atoms with E-state index in [9.17, 15) is 10.1 Å². The van der Waals surface area contributed by atoms with E-state index >= 15 is 0 Å². The molecule has 0 bridgehead atoms. The normalized spacial score (nSPS) is 11.3. The maximum atomic E-state index is 12.6. The first-order valence-electron chi connectivity index (χ1n) is 9.05. The number of nitriles is 1. The summed E-state index contributed by atoms with van der Waals surface area (Å²) < 4.78 is 2.24. The molecule has 0 fully saturated rings. The molecule has 0 atom stereocenters. The Morgan fingerprint density at radius 2 is 2.00 bits per heavy atom. The van der Waals surface area contributed by atoms with Gasteiger partial charge in [-0.1, -0.05) is 25.5 Å². The smallest absolute Gasteiger partial charge is 0.266 e. The molecule has 4 heteroatoms. The fraction of sp³-hybridized carbons (Fsp3) is 0.364. The summed E-state index contributed by atoms with van der Waals surface area (Å²) in [6, 6.07) is 9.83. The largest absolute Gasteiger partial charge is 0.349 e. The lowest BCUT2D eigenvalue weighted by Gasteiger charge is -2.10. The highest BCUT2D eigenvalue weighted by Crippen LogP contribution is 2.21. The zero-order valence-corrected chi connectivity index (χ0v) is 16.3. The maximum Gasteiger partial charge on any atom is 0.266 e. The number of hydrogen-bond donors (Lipinski definition) is 1. The molecule has 26 heavy (non-hydrogen) atoms. The maximum absolute atomic E-state index is 12.6. The number of carbonyl (C=O) groups excluding carboxylic acids is 1. The Bertz CT molecular complexity index is 882. The van der Waals surface area contributed by atoms with E-state index < -0.39 is 0 Å². The minimum absolute atomic E-state index is 0.113. The first kappa shape index (κ1) is 19.5. The van der Waals surface area contributed by atoms with Crippen molar-refractivity contribution in [3.05, 3.63) is 57.9 Å². The molecule has 1 heterocycles. The quantitative estimate of drug-likeness (QED) is 0.585. The Morgan fingerprint density at radius 3 is 2.65 bits per heavy atom. The van der Waals surface area contributed by atoms with Crippen molar-refractivity contribution in [1.29, 1.82) is 5.26 Å². The molecule has 0 aliphatic heterocycles. The molecule has 0 radical (unpaired) electrons. The molecular formula is C22H27N3O. The Kier molecular flexibility index (Phi) is 6.41. The van der Waals surface area contributed by atoms with Crippen molar-refractivity contribution < 1.29 is 4.79 Å². The standard InChI is InChI=1S/C22H27N3O/c1-6-7-11-25-16(3)12-19(18(25)5)13-20(14-23)22(26)24-21-10-8-9-15(2)17(21)4/h8-10,12-13H,6-7,11H2,1-5H3,(H,24,26)/b20-13+. The zero-order valence-electron chi connectivity index (χ0n) is 16.3.